The van der Waals surface area contributed by atoms with Crippen molar-refractivity contribution in [3.05, 3.63) is 66.0 Å². The second kappa shape index (κ2) is 8.47. The van der Waals surface area contributed by atoms with Gasteiger partial charge in [-0.2, -0.15) is 0 Å². The third-order valence-electron chi connectivity index (χ3n) is 2.96. The van der Waals surface area contributed by atoms with Crippen LogP contribution in [-0.2, 0) is 14.3 Å². The smallest absolute Gasteiger partial charge is 0.331 e. The number of hydrogen-bond donors (Lipinski definition) is 1. The molecule has 0 atom stereocenters. The summed E-state index contributed by atoms with van der Waals surface area (Å²) in [6.45, 7) is -0.427. The SMILES string of the molecule is COc1cccc(NC(=O)COC(=O)/C=C/c2cccc(F)c2)c1. The van der Waals surface area contributed by atoms with Crippen molar-refractivity contribution in [2.75, 3.05) is 19.0 Å². The quantitative estimate of drug-likeness (QED) is 0.653. The molecule has 0 fully saturated rings. The molecule has 0 aliphatic rings. The molecule has 124 valence electrons. The molecule has 5 nitrogen and oxygen atoms in total. The number of anilines is 1. The molecule has 6 heteroatoms. The second-order valence-electron chi connectivity index (χ2n) is 4.78. The van der Waals surface area contributed by atoms with Crippen LogP contribution in [-0.4, -0.2) is 25.6 Å². The minimum Gasteiger partial charge on any atom is -0.497 e. The molecule has 0 spiro atoms. The molecule has 1 N–H and O–H groups in total. The molecule has 2 aromatic rings. The number of carbonyl (C=O) groups excluding carboxylic acids is 2. The molecule has 0 bridgehead atoms. The zero-order chi connectivity index (χ0) is 17.4. The molecule has 2 rings (SSSR count). The zero-order valence-electron chi connectivity index (χ0n) is 13.0. The van der Waals surface area contributed by atoms with E-state index in [0.717, 1.165) is 6.08 Å². The Labute approximate surface area is 138 Å². The van der Waals surface area contributed by atoms with Gasteiger partial charge in [0, 0.05) is 17.8 Å². The summed E-state index contributed by atoms with van der Waals surface area (Å²) in [6.07, 6.45) is 2.54. The Kier molecular flexibility index (Phi) is 6.08. The molecule has 0 saturated carbocycles. The van der Waals surface area contributed by atoms with E-state index >= 15 is 0 Å². The van der Waals surface area contributed by atoms with Gasteiger partial charge in [0.2, 0.25) is 0 Å². The van der Waals surface area contributed by atoms with Crippen molar-refractivity contribution in [1.29, 1.82) is 0 Å². The average molecular weight is 329 g/mol. The van der Waals surface area contributed by atoms with Gasteiger partial charge in [0.25, 0.3) is 5.91 Å². The van der Waals surface area contributed by atoms with E-state index in [4.69, 9.17) is 9.47 Å². The minimum atomic E-state index is -0.694. The standard InChI is InChI=1S/C18H16FNO4/c1-23-16-7-3-6-15(11-16)20-17(21)12-24-18(22)9-8-13-4-2-5-14(19)10-13/h2-11H,12H2,1H3,(H,20,21)/b9-8+. The fourth-order valence-electron chi connectivity index (χ4n) is 1.86. The summed E-state index contributed by atoms with van der Waals surface area (Å²) in [5.74, 6) is -0.971. The van der Waals surface area contributed by atoms with Crippen LogP contribution in [0.3, 0.4) is 0 Å². The summed E-state index contributed by atoms with van der Waals surface area (Å²) < 4.78 is 22.9. The molecule has 2 aromatic carbocycles. The lowest BCUT2D eigenvalue weighted by Crippen LogP contribution is -2.20. The highest BCUT2D eigenvalue weighted by Crippen LogP contribution is 2.16. The van der Waals surface area contributed by atoms with Crippen LogP contribution in [0.5, 0.6) is 5.75 Å². The first kappa shape index (κ1) is 17.2. The molecule has 0 unspecified atom stereocenters. The number of halogens is 1. The molecule has 1 amide bonds. The van der Waals surface area contributed by atoms with Gasteiger partial charge in [0.1, 0.15) is 11.6 Å². The highest BCUT2D eigenvalue weighted by atomic mass is 19.1. The predicted octanol–water partition coefficient (Wildman–Crippen LogP) is 3.03. The van der Waals surface area contributed by atoms with Gasteiger partial charge in [-0.25, -0.2) is 9.18 Å². The predicted molar refractivity (Wildman–Crippen MR) is 88.0 cm³/mol. The average Bonchev–Trinajstić information content (AvgIpc) is 2.58. The lowest BCUT2D eigenvalue weighted by molar-refractivity contribution is -0.142. The Balaban J connectivity index is 1.81. The van der Waals surface area contributed by atoms with Gasteiger partial charge in [0.15, 0.2) is 6.61 Å². The highest BCUT2D eigenvalue weighted by molar-refractivity contribution is 5.94. The van der Waals surface area contributed by atoms with E-state index in [-0.39, 0.29) is 0 Å². The number of rotatable bonds is 6. The molecule has 0 saturated heterocycles. The van der Waals surface area contributed by atoms with Crippen LogP contribution in [0, 0.1) is 5.82 Å². The largest absolute Gasteiger partial charge is 0.497 e. The van der Waals surface area contributed by atoms with E-state index in [1.54, 1.807) is 30.3 Å². The molecule has 0 radical (unpaired) electrons. The number of nitrogens with one attached hydrogen (secondary N) is 1. The molecule has 0 aliphatic carbocycles. The van der Waals surface area contributed by atoms with Gasteiger partial charge in [-0.15, -0.1) is 0 Å². The maximum Gasteiger partial charge on any atom is 0.331 e. The van der Waals surface area contributed by atoms with E-state index in [1.165, 1.54) is 31.4 Å². The summed E-state index contributed by atoms with van der Waals surface area (Å²) in [6, 6.07) is 12.5. The fraction of sp³-hybridized carbons (Fsp3) is 0.111. The van der Waals surface area contributed by atoms with E-state index in [1.807, 2.05) is 0 Å². The molecule has 24 heavy (non-hydrogen) atoms. The number of esters is 1. The van der Waals surface area contributed by atoms with Crippen LogP contribution in [0.15, 0.2) is 54.6 Å². The fourth-order valence-corrected chi connectivity index (χ4v) is 1.86. The molecular formula is C18H16FNO4. The van der Waals surface area contributed by atoms with Gasteiger partial charge < -0.3 is 14.8 Å². The highest BCUT2D eigenvalue weighted by Gasteiger charge is 2.06. The van der Waals surface area contributed by atoms with Crippen molar-refractivity contribution in [3.8, 4) is 5.75 Å². The van der Waals surface area contributed by atoms with Gasteiger partial charge in [-0.3, -0.25) is 4.79 Å². The Hall–Kier alpha value is -3.15. The first-order valence-electron chi connectivity index (χ1n) is 7.11. The van der Waals surface area contributed by atoms with Gasteiger partial charge in [-0.1, -0.05) is 18.2 Å². The van der Waals surface area contributed by atoms with Crippen LogP contribution < -0.4 is 10.1 Å². The van der Waals surface area contributed by atoms with Gasteiger partial charge in [0.05, 0.1) is 7.11 Å². The monoisotopic (exact) mass is 329 g/mol. The molecular weight excluding hydrogens is 313 g/mol. The lowest BCUT2D eigenvalue weighted by atomic mass is 10.2. The molecule has 0 aromatic heterocycles. The van der Waals surface area contributed by atoms with E-state index in [2.05, 4.69) is 5.32 Å². The topological polar surface area (TPSA) is 64.6 Å². The van der Waals surface area contributed by atoms with E-state index in [0.29, 0.717) is 17.0 Å². The first-order valence-corrected chi connectivity index (χ1v) is 7.11. The molecule has 0 aliphatic heterocycles. The van der Waals surface area contributed by atoms with Crippen molar-refractivity contribution >= 4 is 23.6 Å². The number of amides is 1. The third kappa shape index (κ3) is 5.57. The van der Waals surface area contributed by atoms with Crippen LogP contribution in [0.4, 0.5) is 10.1 Å². The Bertz CT molecular complexity index is 758. The second-order valence-corrected chi connectivity index (χ2v) is 4.78. The summed E-state index contributed by atoms with van der Waals surface area (Å²) in [5.41, 5.74) is 1.05. The molecule has 0 heterocycles. The Morgan fingerprint density at radius 1 is 1.17 bits per heavy atom. The zero-order valence-corrected chi connectivity index (χ0v) is 13.0. The summed E-state index contributed by atoms with van der Waals surface area (Å²) >= 11 is 0. The van der Waals surface area contributed by atoms with Crippen LogP contribution in [0.1, 0.15) is 5.56 Å². The minimum absolute atomic E-state index is 0.400. The Morgan fingerprint density at radius 2 is 1.96 bits per heavy atom. The van der Waals surface area contributed by atoms with Gasteiger partial charge >= 0.3 is 5.97 Å². The van der Waals surface area contributed by atoms with E-state index < -0.39 is 24.3 Å². The summed E-state index contributed by atoms with van der Waals surface area (Å²) in [4.78, 5) is 23.3. The number of carbonyl (C=O) groups is 2. The van der Waals surface area contributed by atoms with Crippen molar-refractivity contribution in [2.24, 2.45) is 0 Å². The van der Waals surface area contributed by atoms with E-state index in [9.17, 15) is 14.0 Å². The maximum absolute atomic E-state index is 13.0. The summed E-state index contributed by atoms with van der Waals surface area (Å²) in [5, 5.41) is 2.58. The van der Waals surface area contributed by atoms with Crippen molar-refractivity contribution < 1.29 is 23.5 Å². The first-order chi connectivity index (χ1) is 11.6. The lowest BCUT2D eigenvalue weighted by Gasteiger charge is -2.07. The van der Waals surface area contributed by atoms with Crippen molar-refractivity contribution in [1.82, 2.24) is 0 Å². The Morgan fingerprint density at radius 3 is 2.71 bits per heavy atom. The number of benzene rings is 2. The number of ether oxygens (including phenoxy) is 2. The third-order valence-corrected chi connectivity index (χ3v) is 2.96. The van der Waals surface area contributed by atoms with Crippen molar-refractivity contribution in [3.63, 3.8) is 0 Å². The maximum atomic E-state index is 13.0. The number of methoxy groups -OCH3 is 1. The van der Waals surface area contributed by atoms with Crippen LogP contribution in [0.25, 0.3) is 6.08 Å². The normalized spacial score (nSPS) is 10.4. The van der Waals surface area contributed by atoms with Crippen molar-refractivity contribution in [2.45, 2.75) is 0 Å². The van der Waals surface area contributed by atoms with Crippen LogP contribution >= 0.6 is 0 Å². The summed E-state index contributed by atoms with van der Waals surface area (Å²) in [7, 11) is 1.52. The number of hydrogen-bond acceptors (Lipinski definition) is 4. The van der Waals surface area contributed by atoms with Gasteiger partial charge in [-0.05, 0) is 35.9 Å². The van der Waals surface area contributed by atoms with Crippen LogP contribution in [0.2, 0.25) is 0 Å².